The fourth-order valence-corrected chi connectivity index (χ4v) is 3.20. The lowest BCUT2D eigenvalue weighted by atomic mass is 10.2. The number of nitrogen functional groups attached to an aromatic ring is 1. The Morgan fingerprint density at radius 1 is 1.04 bits per heavy atom. The summed E-state index contributed by atoms with van der Waals surface area (Å²) >= 11 is 1.35. The largest absolute Gasteiger partial charge is 0.495 e. The number of para-hydroxylation sites is 2. The van der Waals surface area contributed by atoms with Gasteiger partial charge in [0.1, 0.15) is 11.6 Å². The molecule has 0 saturated heterocycles. The molecule has 140 valence electrons. The van der Waals surface area contributed by atoms with Gasteiger partial charge in [-0.1, -0.05) is 24.3 Å². The van der Waals surface area contributed by atoms with Crippen molar-refractivity contribution in [2.24, 2.45) is 0 Å². The van der Waals surface area contributed by atoms with Gasteiger partial charge in [0.2, 0.25) is 11.9 Å². The Bertz CT molecular complexity index is 941. The Labute approximate surface area is 159 Å². The van der Waals surface area contributed by atoms with Crippen LogP contribution in [-0.4, -0.2) is 22.1 Å². The number of hydrogen-bond acceptors (Lipinski definition) is 7. The molecular weight excluding hydrogens is 372 g/mol. The second kappa shape index (κ2) is 8.63. The fourth-order valence-electron chi connectivity index (χ4n) is 2.34. The number of nitrogens with zero attached hydrogens (tertiary/aromatic N) is 3. The van der Waals surface area contributed by atoms with E-state index in [9.17, 15) is 8.78 Å². The first-order chi connectivity index (χ1) is 13.1. The number of rotatable bonds is 7. The number of methoxy groups -OCH3 is 1. The van der Waals surface area contributed by atoms with Gasteiger partial charge in [-0.25, -0.2) is 8.78 Å². The van der Waals surface area contributed by atoms with E-state index in [0.717, 1.165) is 6.07 Å². The fraction of sp³-hybridized carbons (Fsp3) is 0.167. The maximum atomic E-state index is 13.7. The summed E-state index contributed by atoms with van der Waals surface area (Å²) in [5.41, 5.74) is 6.73. The highest BCUT2D eigenvalue weighted by Gasteiger charge is 2.10. The molecule has 0 aliphatic rings. The van der Waals surface area contributed by atoms with Crippen molar-refractivity contribution >= 4 is 29.3 Å². The van der Waals surface area contributed by atoms with Crippen LogP contribution >= 0.6 is 11.8 Å². The third kappa shape index (κ3) is 4.82. The van der Waals surface area contributed by atoms with Gasteiger partial charge in [-0.2, -0.15) is 15.0 Å². The van der Waals surface area contributed by atoms with E-state index in [2.05, 4.69) is 20.3 Å². The SMILES string of the molecule is COc1ccccc1Nc1nc(N)nc(CSCc2cccc(F)c2F)n1. The van der Waals surface area contributed by atoms with Crippen molar-refractivity contribution in [1.29, 1.82) is 0 Å². The van der Waals surface area contributed by atoms with E-state index in [1.54, 1.807) is 19.2 Å². The molecule has 0 unspecified atom stereocenters. The summed E-state index contributed by atoms with van der Waals surface area (Å²) in [7, 11) is 1.57. The first kappa shape index (κ1) is 18.8. The number of thioether (sulfide) groups is 1. The quantitative estimate of drug-likeness (QED) is 0.633. The molecule has 0 amide bonds. The first-order valence-corrected chi connectivity index (χ1v) is 9.13. The van der Waals surface area contributed by atoms with Gasteiger partial charge in [0.15, 0.2) is 11.6 Å². The highest BCUT2D eigenvalue weighted by molar-refractivity contribution is 7.97. The zero-order valence-electron chi connectivity index (χ0n) is 14.4. The molecule has 0 aliphatic heterocycles. The molecule has 0 aliphatic carbocycles. The second-order valence-corrected chi connectivity index (χ2v) is 6.45. The molecule has 2 aromatic carbocycles. The Kier molecular flexibility index (Phi) is 6.02. The molecule has 27 heavy (non-hydrogen) atoms. The summed E-state index contributed by atoms with van der Waals surface area (Å²) in [5, 5.41) is 3.04. The summed E-state index contributed by atoms with van der Waals surface area (Å²) in [4.78, 5) is 12.5. The Balaban J connectivity index is 1.69. The maximum Gasteiger partial charge on any atom is 0.232 e. The molecule has 9 heteroatoms. The summed E-state index contributed by atoms with van der Waals surface area (Å²) in [6.45, 7) is 0. The van der Waals surface area contributed by atoms with Crippen LogP contribution in [0.15, 0.2) is 42.5 Å². The Morgan fingerprint density at radius 3 is 2.67 bits per heavy atom. The lowest BCUT2D eigenvalue weighted by Crippen LogP contribution is -2.07. The van der Waals surface area contributed by atoms with Crippen molar-refractivity contribution in [1.82, 2.24) is 15.0 Å². The molecule has 1 heterocycles. The number of anilines is 3. The van der Waals surface area contributed by atoms with Crippen molar-refractivity contribution in [3.63, 3.8) is 0 Å². The predicted octanol–water partition coefficient (Wildman–Crippen LogP) is 3.92. The molecule has 0 fully saturated rings. The van der Waals surface area contributed by atoms with Crippen LogP contribution in [0, 0.1) is 11.6 Å². The number of benzene rings is 2. The van der Waals surface area contributed by atoms with Crippen LogP contribution in [-0.2, 0) is 11.5 Å². The van der Waals surface area contributed by atoms with E-state index in [4.69, 9.17) is 10.5 Å². The summed E-state index contributed by atoms with van der Waals surface area (Å²) in [6, 6.07) is 11.4. The highest BCUT2D eigenvalue weighted by Crippen LogP contribution is 2.26. The third-order valence-electron chi connectivity index (χ3n) is 3.57. The van der Waals surface area contributed by atoms with Gasteiger partial charge in [-0.05, 0) is 18.2 Å². The standard InChI is InChI=1S/C18H17F2N5OS/c1-26-14-8-3-2-7-13(14)22-18-24-15(23-17(21)25-18)10-27-9-11-5-4-6-12(19)16(11)20/h2-8H,9-10H2,1H3,(H3,21,22,23,24,25). The highest BCUT2D eigenvalue weighted by atomic mass is 32.2. The normalized spacial score (nSPS) is 10.6. The number of ether oxygens (including phenoxy) is 1. The van der Waals surface area contributed by atoms with Crippen LogP contribution < -0.4 is 15.8 Å². The van der Waals surface area contributed by atoms with E-state index in [1.807, 2.05) is 18.2 Å². The van der Waals surface area contributed by atoms with Gasteiger partial charge < -0.3 is 15.8 Å². The summed E-state index contributed by atoms with van der Waals surface area (Å²) in [6.07, 6.45) is 0. The van der Waals surface area contributed by atoms with Crippen molar-refractivity contribution in [3.8, 4) is 5.75 Å². The molecule has 3 rings (SSSR count). The molecular formula is C18H17F2N5OS. The molecule has 3 aromatic rings. The van der Waals surface area contributed by atoms with Gasteiger partial charge in [0.25, 0.3) is 0 Å². The smallest absolute Gasteiger partial charge is 0.232 e. The minimum absolute atomic E-state index is 0.0648. The molecule has 0 spiro atoms. The van der Waals surface area contributed by atoms with Crippen molar-refractivity contribution in [2.75, 3.05) is 18.2 Å². The Hall–Kier alpha value is -2.94. The molecule has 0 saturated carbocycles. The number of nitrogens with two attached hydrogens (primary N) is 1. The minimum atomic E-state index is -0.860. The zero-order chi connectivity index (χ0) is 19.2. The number of halogens is 2. The monoisotopic (exact) mass is 389 g/mol. The van der Waals surface area contributed by atoms with Crippen molar-refractivity contribution in [3.05, 3.63) is 65.5 Å². The summed E-state index contributed by atoms with van der Waals surface area (Å²) < 4.78 is 32.2. The van der Waals surface area contributed by atoms with E-state index >= 15 is 0 Å². The van der Waals surface area contributed by atoms with Crippen molar-refractivity contribution < 1.29 is 13.5 Å². The van der Waals surface area contributed by atoms with Gasteiger partial charge >= 0.3 is 0 Å². The van der Waals surface area contributed by atoms with E-state index in [1.165, 1.54) is 17.8 Å². The van der Waals surface area contributed by atoms with Crippen LogP contribution in [0.5, 0.6) is 5.75 Å². The van der Waals surface area contributed by atoms with E-state index in [0.29, 0.717) is 23.0 Å². The van der Waals surface area contributed by atoms with Crippen LogP contribution in [0.25, 0.3) is 0 Å². The van der Waals surface area contributed by atoms with Crippen LogP contribution in [0.4, 0.5) is 26.4 Å². The first-order valence-electron chi connectivity index (χ1n) is 7.98. The average molecular weight is 389 g/mol. The van der Waals surface area contributed by atoms with Crippen molar-refractivity contribution in [2.45, 2.75) is 11.5 Å². The molecule has 0 bridgehead atoms. The predicted molar refractivity (Wildman–Crippen MR) is 102 cm³/mol. The maximum absolute atomic E-state index is 13.7. The van der Waals surface area contributed by atoms with E-state index < -0.39 is 11.6 Å². The molecule has 6 nitrogen and oxygen atoms in total. The number of nitrogens with one attached hydrogen (secondary N) is 1. The van der Waals surface area contributed by atoms with Crippen LogP contribution in [0.1, 0.15) is 11.4 Å². The van der Waals surface area contributed by atoms with Gasteiger partial charge in [-0.3, -0.25) is 0 Å². The summed E-state index contributed by atoms with van der Waals surface area (Å²) in [5.74, 6) is 0.359. The number of hydrogen-bond donors (Lipinski definition) is 2. The zero-order valence-corrected chi connectivity index (χ0v) is 15.3. The van der Waals surface area contributed by atoms with Gasteiger partial charge in [-0.15, -0.1) is 11.8 Å². The molecule has 3 N–H and O–H groups in total. The molecule has 0 atom stereocenters. The average Bonchev–Trinajstić information content (AvgIpc) is 2.65. The second-order valence-electron chi connectivity index (χ2n) is 5.46. The van der Waals surface area contributed by atoms with Gasteiger partial charge in [0.05, 0.1) is 18.6 Å². The third-order valence-corrected chi connectivity index (χ3v) is 4.55. The molecule has 1 aromatic heterocycles. The van der Waals surface area contributed by atoms with Crippen LogP contribution in [0.2, 0.25) is 0 Å². The topological polar surface area (TPSA) is 86.0 Å². The lowest BCUT2D eigenvalue weighted by molar-refractivity contribution is 0.417. The molecule has 0 radical (unpaired) electrons. The van der Waals surface area contributed by atoms with Crippen LogP contribution in [0.3, 0.4) is 0 Å². The number of aromatic nitrogens is 3. The van der Waals surface area contributed by atoms with Gasteiger partial charge in [0, 0.05) is 11.3 Å². The lowest BCUT2D eigenvalue weighted by Gasteiger charge is -2.10. The Morgan fingerprint density at radius 2 is 1.85 bits per heavy atom. The van der Waals surface area contributed by atoms with E-state index in [-0.39, 0.29) is 23.2 Å². The minimum Gasteiger partial charge on any atom is -0.495 e.